The van der Waals surface area contributed by atoms with Crippen LogP contribution in [0.5, 0.6) is 0 Å². The minimum Gasteiger partial charge on any atom is -0.469 e. The highest BCUT2D eigenvalue weighted by atomic mass is 32.2. The molecule has 1 heterocycles. The zero-order valence-electron chi connectivity index (χ0n) is 11.8. The predicted octanol–water partition coefficient (Wildman–Crippen LogP) is 1.69. The normalized spacial score (nSPS) is 14.8. The molecule has 1 aromatic heterocycles. The molecular formula is C15H19NO4S. The van der Waals surface area contributed by atoms with Gasteiger partial charge in [0.25, 0.3) is 0 Å². The van der Waals surface area contributed by atoms with Crippen LogP contribution in [0.3, 0.4) is 0 Å². The Bertz CT molecular complexity index is 648. The van der Waals surface area contributed by atoms with Gasteiger partial charge in [-0.3, -0.25) is 0 Å². The number of nitrogens with one attached hydrogen (secondary N) is 1. The van der Waals surface area contributed by atoms with Crippen LogP contribution in [0, 0.1) is 0 Å². The Hall–Kier alpha value is -1.63. The standard InChI is InChI=1S/C15H19NO4S/c1-15(17,10-14-8-5-9-20-14)12-16-21(18,19)11-13-6-3-2-4-7-13/h2-9,16-17H,10-12H2,1H3. The molecule has 1 aromatic carbocycles. The summed E-state index contributed by atoms with van der Waals surface area (Å²) in [5.41, 5.74) is -0.502. The topological polar surface area (TPSA) is 79.5 Å². The summed E-state index contributed by atoms with van der Waals surface area (Å²) in [6.07, 6.45) is 1.76. The maximum absolute atomic E-state index is 12.0. The molecule has 0 aliphatic heterocycles. The van der Waals surface area contributed by atoms with E-state index < -0.39 is 15.6 Å². The Morgan fingerprint density at radius 1 is 1.19 bits per heavy atom. The van der Waals surface area contributed by atoms with E-state index in [0.717, 1.165) is 0 Å². The van der Waals surface area contributed by atoms with E-state index >= 15 is 0 Å². The van der Waals surface area contributed by atoms with E-state index in [4.69, 9.17) is 4.42 Å². The maximum atomic E-state index is 12.0. The molecule has 0 saturated carbocycles. The molecule has 0 saturated heterocycles. The number of hydrogen-bond donors (Lipinski definition) is 2. The summed E-state index contributed by atoms with van der Waals surface area (Å²) in [6, 6.07) is 12.4. The lowest BCUT2D eigenvalue weighted by Crippen LogP contribution is -2.42. The van der Waals surface area contributed by atoms with Crippen LogP contribution in [-0.4, -0.2) is 25.7 Å². The number of sulfonamides is 1. The number of rotatable bonds is 7. The third-order valence-electron chi connectivity index (χ3n) is 3.01. The second kappa shape index (κ2) is 6.43. The van der Waals surface area contributed by atoms with Gasteiger partial charge in [0.05, 0.1) is 17.6 Å². The SMILES string of the molecule is CC(O)(CNS(=O)(=O)Cc1ccccc1)Cc1ccco1. The molecule has 0 fully saturated rings. The molecule has 0 bridgehead atoms. The predicted molar refractivity (Wildman–Crippen MR) is 80.1 cm³/mol. The van der Waals surface area contributed by atoms with Crippen molar-refractivity contribution in [2.24, 2.45) is 0 Å². The first-order chi connectivity index (χ1) is 9.86. The summed E-state index contributed by atoms with van der Waals surface area (Å²) in [4.78, 5) is 0. The van der Waals surface area contributed by atoms with E-state index in [-0.39, 0.29) is 18.7 Å². The molecule has 2 N–H and O–H groups in total. The van der Waals surface area contributed by atoms with Gasteiger partial charge < -0.3 is 9.52 Å². The molecule has 114 valence electrons. The Morgan fingerprint density at radius 3 is 2.52 bits per heavy atom. The van der Waals surface area contributed by atoms with Crippen molar-refractivity contribution >= 4 is 10.0 Å². The number of benzene rings is 1. The van der Waals surface area contributed by atoms with E-state index in [9.17, 15) is 13.5 Å². The highest BCUT2D eigenvalue weighted by Gasteiger charge is 2.25. The summed E-state index contributed by atoms with van der Waals surface area (Å²) in [6.45, 7) is 1.50. The molecule has 0 aliphatic carbocycles. The van der Waals surface area contributed by atoms with Crippen LogP contribution in [0.2, 0.25) is 0 Å². The Balaban J connectivity index is 1.91. The second-order valence-corrected chi connectivity index (χ2v) is 7.13. The molecule has 21 heavy (non-hydrogen) atoms. The minimum atomic E-state index is -3.49. The number of aliphatic hydroxyl groups is 1. The van der Waals surface area contributed by atoms with E-state index in [1.54, 1.807) is 43.3 Å². The van der Waals surface area contributed by atoms with Gasteiger partial charge in [-0.15, -0.1) is 0 Å². The van der Waals surface area contributed by atoms with Crippen molar-refractivity contribution in [3.8, 4) is 0 Å². The monoisotopic (exact) mass is 309 g/mol. The second-order valence-electron chi connectivity index (χ2n) is 5.32. The zero-order chi connectivity index (χ0) is 15.3. The van der Waals surface area contributed by atoms with E-state index in [1.807, 2.05) is 6.07 Å². The number of hydrogen-bond acceptors (Lipinski definition) is 4. The molecule has 2 rings (SSSR count). The van der Waals surface area contributed by atoms with Crippen LogP contribution in [0.15, 0.2) is 53.1 Å². The third-order valence-corrected chi connectivity index (χ3v) is 4.31. The van der Waals surface area contributed by atoms with Crippen LogP contribution in [0.1, 0.15) is 18.2 Å². The smallest absolute Gasteiger partial charge is 0.215 e. The molecule has 1 atom stereocenters. The van der Waals surface area contributed by atoms with Crippen LogP contribution in [0.4, 0.5) is 0 Å². The van der Waals surface area contributed by atoms with Gasteiger partial charge in [-0.1, -0.05) is 30.3 Å². The van der Waals surface area contributed by atoms with Gasteiger partial charge in [-0.25, -0.2) is 13.1 Å². The van der Waals surface area contributed by atoms with E-state index in [0.29, 0.717) is 11.3 Å². The largest absolute Gasteiger partial charge is 0.469 e. The Labute approximate surface area is 124 Å². The molecule has 0 amide bonds. The van der Waals surface area contributed by atoms with Gasteiger partial charge in [0.1, 0.15) is 5.76 Å². The quantitative estimate of drug-likeness (QED) is 0.816. The molecule has 0 radical (unpaired) electrons. The lowest BCUT2D eigenvalue weighted by molar-refractivity contribution is 0.0603. The Kier molecular flexibility index (Phi) is 4.82. The summed E-state index contributed by atoms with van der Waals surface area (Å²) in [5.74, 6) is 0.507. The zero-order valence-corrected chi connectivity index (χ0v) is 12.6. The fraction of sp³-hybridized carbons (Fsp3) is 0.333. The minimum absolute atomic E-state index is 0.0666. The van der Waals surface area contributed by atoms with Crippen LogP contribution < -0.4 is 4.72 Å². The first-order valence-electron chi connectivity index (χ1n) is 6.62. The van der Waals surface area contributed by atoms with Crippen LogP contribution in [0.25, 0.3) is 0 Å². The highest BCUT2D eigenvalue weighted by Crippen LogP contribution is 2.13. The van der Waals surface area contributed by atoms with Gasteiger partial charge in [-0.2, -0.15) is 0 Å². The Morgan fingerprint density at radius 2 is 1.90 bits per heavy atom. The molecule has 2 aromatic rings. The van der Waals surface area contributed by atoms with Crippen molar-refractivity contribution in [2.75, 3.05) is 6.54 Å². The van der Waals surface area contributed by atoms with Gasteiger partial charge in [0, 0.05) is 13.0 Å². The molecule has 0 spiro atoms. The van der Waals surface area contributed by atoms with Crippen molar-refractivity contribution in [2.45, 2.75) is 24.7 Å². The van der Waals surface area contributed by atoms with Crippen molar-refractivity contribution in [3.63, 3.8) is 0 Å². The first kappa shape index (κ1) is 15.8. The summed E-state index contributed by atoms with van der Waals surface area (Å²) in [7, 11) is -3.49. The highest BCUT2D eigenvalue weighted by molar-refractivity contribution is 7.88. The van der Waals surface area contributed by atoms with Crippen molar-refractivity contribution in [3.05, 3.63) is 60.1 Å². The fourth-order valence-corrected chi connectivity index (χ4v) is 3.23. The molecule has 6 heteroatoms. The molecular weight excluding hydrogens is 290 g/mol. The van der Waals surface area contributed by atoms with Crippen molar-refractivity contribution < 1.29 is 17.9 Å². The van der Waals surface area contributed by atoms with Gasteiger partial charge in [0.15, 0.2) is 0 Å². The van der Waals surface area contributed by atoms with Crippen molar-refractivity contribution in [1.29, 1.82) is 0 Å². The van der Waals surface area contributed by atoms with Crippen molar-refractivity contribution in [1.82, 2.24) is 4.72 Å². The maximum Gasteiger partial charge on any atom is 0.215 e. The summed E-state index contributed by atoms with van der Waals surface area (Å²) < 4.78 is 31.6. The molecule has 0 aliphatic rings. The molecule has 1 unspecified atom stereocenters. The molecule has 5 nitrogen and oxygen atoms in total. The third kappa shape index (κ3) is 5.34. The lowest BCUT2D eigenvalue weighted by Gasteiger charge is -2.22. The van der Waals surface area contributed by atoms with Gasteiger partial charge >= 0.3 is 0 Å². The van der Waals surface area contributed by atoms with Gasteiger partial charge in [-0.05, 0) is 24.6 Å². The van der Waals surface area contributed by atoms with Crippen LogP contribution >= 0.6 is 0 Å². The lowest BCUT2D eigenvalue weighted by atomic mass is 10.0. The van der Waals surface area contributed by atoms with Gasteiger partial charge in [0.2, 0.25) is 10.0 Å². The number of furan rings is 1. The average molecular weight is 309 g/mol. The van der Waals surface area contributed by atoms with E-state index in [1.165, 1.54) is 6.26 Å². The summed E-state index contributed by atoms with van der Waals surface area (Å²) >= 11 is 0. The van der Waals surface area contributed by atoms with E-state index in [2.05, 4.69) is 4.72 Å². The fourth-order valence-electron chi connectivity index (χ4n) is 1.96. The van der Waals surface area contributed by atoms with Crippen LogP contribution in [-0.2, 0) is 22.2 Å². The summed E-state index contributed by atoms with van der Waals surface area (Å²) in [5, 5.41) is 10.2. The first-order valence-corrected chi connectivity index (χ1v) is 8.28. The average Bonchev–Trinajstić information content (AvgIpc) is 2.90.